The molecule has 1 aliphatic heterocycles. The summed E-state index contributed by atoms with van der Waals surface area (Å²) >= 11 is 0. The van der Waals surface area contributed by atoms with Crippen molar-refractivity contribution in [2.75, 3.05) is 31.1 Å². The van der Waals surface area contributed by atoms with Crippen LogP contribution in [-0.4, -0.2) is 42.9 Å². The molecule has 1 saturated heterocycles. The number of nitrogens with one attached hydrogen (secondary N) is 1. The summed E-state index contributed by atoms with van der Waals surface area (Å²) in [5.74, 6) is 1.57. The molecule has 0 bridgehead atoms. The number of carbonyl (C=O) groups excluding carboxylic acids is 2. The van der Waals surface area contributed by atoms with E-state index >= 15 is 0 Å². The van der Waals surface area contributed by atoms with E-state index < -0.39 is 0 Å². The number of hydrogen-bond donors (Lipinski definition) is 1. The van der Waals surface area contributed by atoms with Gasteiger partial charge < -0.3 is 14.6 Å². The standard InChI is InChI=1S/C23H29N3O3/c27-22(26(16-21-9-5-13-29-21)20-7-2-1-3-8-20)17-25-12-4-6-19(15-25)23(28)24-14-18-10-11-18/h1-3,5,7-9,13,18-19H,4,6,10-12,14-17H2,(H,24,28). The molecular formula is C23H29N3O3. The fourth-order valence-corrected chi connectivity index (χ4v) is 3.89. The van der Waals surface area contributed by atoms with Gasteiger partial charge in [0, 0.05) is 18.8 Å². The van der Waals surface area contributed by atoms with Crippen LogP contribution in [0, 0.1) is 11.8 Å². The van der Waals surface area contributed by atoms with Crippen LogP contribution < -0.4 is 10.2 Å². The maximum Gasteiger partial charge on any atom is 0.241 e. The van der Waals surface area contributed by atoms with Gasteiger partial charge in [0.05, 0.1) is 25.3 Å². The van der Waals surface area contributed by atoms with Crippen LogP contribution in [0.2, 0.25) is 0 Å². The highest BCUT2D eigenvalue weighted by atomic mass is 16.3. The van der Waals surface area contributed by atoms with Gasteiger partial charge in [-0.15, -0.1) is 0 Å². The summed E-state index contributed by atoms with van der Waals surface area (Å²) < 4.78 is 5.46. The molecule has 1 aliphatic carbocycles. The molecule has 1 N–H and O–H groups in total. The number of carbonyl (C=O) groups is 2. The molecule has 154 valence electrons. The van der Waals surface area contributed by atoms with Crippen LogP contribution in [-0.2, 0) is 16.1 Å². The number of rotatable bonds is 8. The lowest BCUT2D eigenvalue weighted by atomic mass is 9.97. The van der Waals surface area contributed by atoms with Crippen molar-refractivity contribution in [3.63, 3.8) is 0 Å². The molecule has 1 atom stereocenters. The number of furan rings is 1. The van der Waals surface area contributed by atoms with Gasteiger partial charge in [0.1, 0.15) is 5.76 Å². The number of para-hydroxylation sites is 1. The Bertz CT molecular complexity index is 802. The van der Waals surface area contributed by atoms with Gasteiger partial charge in [-0.1, -0.05) is 18.2 Å². The molecule has 0 radical (unpaired) electrons. The summed E-state index contributed by atoms with van der Waals surface area (Å²) in [6, 6.07) is 13.4. The first-order valence-electron chi connectivity index (χ1n) is 10.6. The Morgan fingerprint density at radius 3 is 2.66 bits per heavy atom. The fraction of sp³-hybridized carbons (Fsp3) is 0.478. The number of hydrogen-bond acceptors (Lipinski definition) is 4. The van der Waals surface area contributed by atoms with E-state index in [4.69, 9.17) is 4.42 Å². The van der Waals surface area contributed by atoms with Gasteiger partial charge in [0.15, 0.2) is 0 Å². The van der Waals surface area contributed by atoms with Crippen LogP contribution >= 0.6 is 0 Å². The molecule has 0 spiro atoms. The van der Waals surface area contributed by atoms with Crippen molar-refractivity contribution in [1.29, 1.82) is 0 Å². The van der Waals surface area contributed by atoms with Crippen molar-refractivity contribution >= 4 is 17.5 Å². The third-order valence-electron chi connectivity index (χ3n) is 5.76. The van der Waals surface area contributed by atoms with Gasteiger partial charge in [-0.3, -0.25) is 14.5 Å². The predicted molar refractivity (Wildman–Crippen MR) is 111 cm³/mol. The molecule has 4 rings (SSSR count). The zero-order valence-electron chi connectivity index (χ0n) is 16.8. The Labute approximate surface area is 171 Å². The predicted octanol–water partition coefficient (Wildman–Crippen LogP) is 3.05. The Hall–Kier alpha value is -2.60. The van der Waals surface area contributed by atoms with Crippen molar-refractivity contribution in [3.05, 3.63) is 54.5 Å². The molecule has 6 nitrogen and oxygen atoms in total. The summed E-state index contributed by atoms with van der Waals surface area (Å²) in [7, 11) is 0. The lowest BCUT2D eigenvalue weighted by Crippen LogP contribution is -2.47. The van der Waals surface area contributed by atoms with Crippen molar-refractivity contribution < 1.29 is 14.0 Å². The number of nitrogens with zero attached hydrogens (tertiary/aromatic N) is 2. The van der Waals surface area contributed by atoms with E-state index in [1.54, 1.807) is 11.2 Å². The molecule has 2 aromatic rings. The SMILES string of the molecule is O=C(NCC1CC1)C1CCCN(CC(=O)N(Cc2ccco2)c2ccccc2)C1. The van der Waals surface area contributed by atoms with Crippen LogP contribution in [0.1, 0.15) is 31.4 Å². The summed E-state index contributed by atoms with van der Waals surface area (Å²) in [6.45, 7) is 3.00. The molecule has 2 aliphatic rings. The van der Waals surface area contributed by atoms with Crippen molar-refractivity contribution in [2.45, 2.75) is 32.2 Å². The first-order valence-corrected chi connectivity index (χ1v) is 10.6. The second kappa shape index (κ2) is 9.27. The number of piperidine rings is 1. The third kappa shape index (κ3) is 5.48. The fourth-order valence-electron chi connectivity index (χ4n) is 3.89. The molecule has 29 heavy (non-hydrogen) atoms. The van der Waals surface area contributed by atoms with E-state index in [1.807, 2.05) is 42.5 Å². The maximum absolute atomic E-state index is 13.2. The highest BCUT2D eigenvalue weighted by molar-refractivity contribution is 5.94. The summed E-state index contributed by atoms with van der Waals surface area (Å²) in [5.41, 5.74) is 0.852. The zero-order valence-corrected chi connectivity index (χ0v) is 16.8. The number of amides is 2. The third-order valence-corrected chi connectivity index (χ3v) is 5.76. The monoisotopic (exact) mass is 395 g/mol. The molecule has 6 heteroatoms. The van der Waals surface area contributed by atoms with Gasteiger partial charge in [-0.2, -0.15) is 0 Å². The second-order valence-corrected chi connectivity index (χ2v) is 8.16. The second-order valence-electron chi connectivity index (χ2n) is 8.16. The molecule has 1 unspecified atom stereocenters. The quantitative estimate of drug-likeness (QED) is 0.746. The number of benzene rings is 1. The Morgan fingerprint density at radius 1 is 1.10 bits per heavy atom. The van der Waals surface area contributed by atoms with E-state index in [0.29, 0.717) is 25.6 Å². The molecule has 1 saturated carbocycles. The summed E-state index contributed by atoms with van der Waals surface area (Å²) in [4.78, 5) is 29.5. The minimum absolute atomic E-state index is 0.0200. The maximum atomic E-state index is 13.2. The zero-order chi connectivity index (χ0) is 20.1. The minimum atomic E-state index is -0.0226. The van der Waals surface area contributed by atoms with Gasteiger partial charge >= 0.3 is 0 Å². The normalized spacial score (nSPS) is 19.7. The lowest BCUT2D eigenvalue weighted by molar-refractivity contribution is -0.128. The van der Waals surface area contributed by atoms with Crippen LogP contribution in [0.5, 0.6) is 0 Å². The van der Waals surface area contributed by atoms with Crippen LogP contribution in [0.4, 0.5) is 5.69 Å². The van der Waals surface area contributed by atoms with E-state index in [-0.39, 0.29) is 17.7 Å². The van der Waals surface area contributed by atoms with Gasteiger partial charge in [-0.25, -0.2) is 0 Å². The average molecular weight is 396 g/mol. The Morgan fingerprint density at radius 2 is 1.93 bits per heavy atom. The van der Waals surface area contributed by atoms with Gasteiger partial charge in [-0.05, 0) is 62.4 Å². The minimum Gasteiger partial charge on any atom is -0.467 e. The molecule has 2 amide bonds. The first kappa shape index (κ1) is 19.7. The number of anilines is 1. The highest BCUT2D eigenvalue weighted by Gasteiger charge is 2.30. The van der Waals surface area contributed by atoms with E-state index in [2.05, 4.69) is 10.2 Å². The highest BCUT2D eigenvalue weighted by Crippen LogP contribution is 2.28. The summed E-state index contributed by atoms with van der Waals surface area (Å²) in [5, 5.41) is 3.09. The van der Waals surface area contributed by atoms with Crippen molar-refractivity contribution in [3.8, 4) is 0 Å². The van der Waals surface area contributed by atoms with Gasteiger partial charge in [0.2, 0.25) is 11.8 Å². The Kier molecular flexibility index (Phi) is 6.30. The number of likely N-dealkylation sites (tertiary alicyclic amines) is 1. The van der Waals surface area contributed by atoms with E-state index in [9.17, 15) is 9.59 Å². The molecular weight excluding hydrogens is 366 g/mol. The van der Waals surface area contributed by atoms with Gasteiger partial charge in [0.25, 0.3) is 0 Å². The lowest BCUT2D eigenvalue weighted by Gasteiger charge is -2.33. The van der Waals surface area contributed by atoms with E-state index in [0.717, 1.165) is 37.4 Å². The van der Waals surface area contributed by atoms with Crippen LogP contribution in [0.3, 0.4) is 0 Å². The Balaban J connectivity index is 1.37. The largest absolute Gasteiger partial charge is 0.467 e. The van der Waals surface area contributed by atoms with Crippen molar-refractivity contribution in [2.24, 2.45) is 11.8 Å². The summed E-state index contributed by atoms with van der Waals surface area (Å²) in [6.07, 6.45) is 5.93. The molecule has 1 aromatic heterocycles. The smallest absolute Gasteiger partial charge is 0.241 e. The van der Waals surface area contributed by atoms with Crippen molar-refractivity contribution in [1.82, 2.24) is 10.2 Å². The molecule has 1 aromatic carbocycles. The van der Waals surface area contributed by atoms with E-state index in [1.165, 1.54) is 12.8 Å². The molecule has 2 heterocycles. The van der Waals surface area contributed by atoms with Crippen LogP contribution in [0.25, 0.3) is 0 Å². The van der Waals surface area contributed by atoms with Crippen LogP contribution in [0.15, 0.2) is 53.1 Å². The first-order chi connectivity index (χ1) is 14.2. The average Bonchev–Trinajstić information content (AvgIpc) is 3.44. The topological polar surface area (TPSA) is 65.8 Å². The molecule has 2 fully saturated rings.